The van der Waals surface area contributed by atoms with Crippen molar-refractivity contribution in [2.75, 3.05) is 25.4 Å². The van der Waals surface area contributed by atoms with Gasteiger partial charge in [-0.3, -0.25) is 14.4 Å². The summed E-state index contributed by atoms with van der Waals surface area (Å²) in [6.07, 6.45) is 6.31. The van der Waals surface area contributed by atoms with E-state index in [1.165, 1.54) is 6.08 Å². The lowest BCUT2D eigenvalue weighted by Crippen LogP contribution is -2.56. The topological polar surface area (TPSA) is 93.7 Å². The van der Waals surface area contributed by atoms with E-state index in [1.807, 2.05) is 26.8 Å². The number of nitrogens with one attached hydrogen (secondary N) is 2. The first kappa shape index (κ1) is 24.4. The smallest absolute Gasteiger partial charge is 0.249 e. The van der Waals surface area contributed by atoms with Crippen molar-refractivity contribution in [3.8, 4) is 0 Å². The average Bonchev–Trinajstić information content (AvgIpc) is 2.61. The first-order valence-electron chi connectivity index (χ1n) is 9.40. The van der Waals surface area contributed by atoms with Gasteiger partial charge in [-0.25, -0.2) is 0 Å². The van der Waals surface area contributed by atoms with E-state index in [4.69, 9.17) is 9.47 Å². The molecule has 0 aromatic rings. The Balaban J connectivity index is 2.25. The average molecular weight is 413 g/mol. The van der Waals surface area contributed by atoms with Gasteiger partial charge in [0.15, 0.2) is 5.79 Å². The molecule has 2 N–H and O–H groups in total. The summed E-state index contributed by atoms with van der Waals surface area (Å²) in [6.45, 7) is 10.3. The maximum absolute atomic E-state index is 12.5. The summed E-state index contributed by atoms with van der Waals surface area (Å²) in [6, 6.07) is 0. The van der Waals surface area contributed by atoms with Gasteiger partial charge in [0.1, 0.15) is 6.10 Å². The van der Waals surface area contributed by atoms with Gasteiger partial charge in [-0.05, 0) is 26.8 Å². The Morgan fingerprint density at radius 2 is 1.82 bits per heavy atom. The van der Waals surface area contributed by atoms with Crippen molar-refractivity contribution in [3.05, 3.63) is 24.3 Å². The zero-order chi connectivity index (χ0) is 21.2. The molecule has 0 aliphatic carbocycles. The summed E-state index contributed by atoms with van der Waals surface area (Å²) in [4.78, 5) is 35.8. The van der Waals surface area contributed by atoms with Crippen molar-refractivity contribution < 1.29 is 23.9 Å². The second-order valence-electron chi connectivity index (χ2n) is 7.62. The SMILES string of the molecule is C/C=C/C=C/C(=O)SCCNC(=O)CCNC(=O)[C@@H]1OC(C)(C)OCC1(C)C. The fourth-order valence-electron chi connectivity index (χ4n) is 2.44. The lowest BCUT2D eigenvalue weighted by Gasteiger charge is -2.44. The van der Waals surface area contributed by atoms with Crippen LogP contribution in [-0.2, 0) is 23.9 Å². The Kier molecular flexibility index (Phi) is 9.92. The quantitative estimate of drug-likeness (QED) is 0.342. The minimum Gasteiger partial charge on any atom is -0.355 e. The second-order valence-corrected chi connectivity index (χ2v) is 8.72. The van der Waals surface area contributed by atoms with Gasteiger partial charge in [0.2, 0.25) is 16.9 Å². The van der Waals surface area contributed by atoms with E-state index in [1.54, 1.807) is 26.0 Å². The third-order valence-electron chi connectivity index (χ3n) is 4.00. The minimum atomic E-state index is -0.813. The van der Waals surface area contributed by atoms with Crippen LogP contribution in [0.3, 0.4) is 0 Å². The standard InChI is InChI=1S/C20H32N2O5S/c1-6-7-8-9-16(24)28-13-12-21-15(23)10-11-22-18(25)17-19(2,3)14-26-20(4,5)27-17/h6-9,17H,10-14H2,1-5H3,(H,21,23)(H,22,25)/b7-6+,9-8+/t17-/m0/s1. The van der Waals surface area contributed by atoms with Crippen molar-refractivity contribution in [2.24, 2.45) is 5.41 Å². The Labute approximate surface area is 171 Å². The van der Waals surface area contributed by atoms with E-state index < -0.39 is 17.3 Å². The molecule has 1 rings (SSSR count). The lowest BCUT2D eigenvalue weighted by atomic mass is 9.85. The van der Waals surface area contributed by atoms with Crippen LogP contribution in [-0.4, -0.2) is 54.3 Å². The van der Waals surface area contributed by atoms with E-state index in [-0.39, 0.29) is 29.9 Å². The number of rotatable bonds is 9. The van der Waals surface area contributed by atoms with Crippen LogP contribution in [0, 0.1) is 5.41 Å². The molecule has 0 unspecified atom stereocenters. The number of hydrogen-bond acceptors (Lipinski definition) is 6. The molecule has 8 heteroatoms. The van der Waals surface area contributed by atoms with Gasteiger partial charge in [-0.2, -0.15) is 0 Å². The van der Waals surface area contributed by atoms with E-state index in [9.17, 15) is 14.4 Å². The predicted octanol–water partition coefficient (Wildman–Crippen LogP) is 2.18. The van der Waals surface area contributed by atoms with Crippen molar-refractivity contribution >= 4 is 28.7 Å². The molecule has 0 bridgehead atoms. The Bertz CT molecular complexity index is 614. The third-order valence-corrected chi connectivity index (χ3v) is 4.83. The number of allylic oxidation sites excluding steroid dienone is 3. The number of thioether (sulfide) groups is 1. The number of ether oxygens (including phenoxy) is 2. The number of amides is 2. The highest BCUT2D eigenvalue weighted by Crippen LogP contribution is 2.34. The summed E-state index contributed by atoms with van der Waals surface area (Å²) in [5.74, 6) is -0.740. The molecular formula is C20H32N2O5S. The van der Waals surface area contributed by atoms with Crippen molar-refractivity contribution in [1.29, 1.82) is 0 Å². The van der Waals surface area contributed by atoms with E-state index in [0.717, 1.165) is 11.8 Å². The van der Waals surface area contributed by atoms with E-state index >= 15 is 0 Å². The van der Waals surface area contributed by atoms with Gasteiger partial charge in [0, 0.05) is 30.7 Å². The van der Waals surface area contributed by atoms with Crippen LogP contribution in [0.5, 0.6) is 0 Å². The molecule has 1 heterocycles. The summed E-state index contributed by atoms with van der Waals surface area (Å²) < 4.78 is 11.4. The molecule has 1 aliphatic rings. The summed E-state index contributed by atoms with van der Waals surface area (Å²) in [5, 5.41) is 5.44. The maximum atomic E-state index is 12.5. The van der Waals surface area contributed by atoms with Gasteiger partial charge in [0.25, 0.3) is 0 Å². The van der Waals surface area contributed by atoms with Crippen LogP contribution in [0.2, 0.25) is 0 Å². The number of carbonyl (C=O) groups excluding carboxylic acids is 3. The highest BCUT2D eigenvalue weighted by molar-refractivity contribution is 8.14. The summed E-state index contributed by atoms with van der Waals surface area (Å²) in [7, 11) is 0. The Morgan fingerprint density at radius 1 is 1.11 bits per heavy atom. The molecule has 158 valence electrons. The van der Waals surface area contributed by atoms with Crippen molar-refractivity contribution in [1.82, 2.24) is 10.6 Å². The molecule has 0 aromatic carbocycles. The third kappa shape index (κ3) is 9.03. The maximum Gasteiger partial charge on any atom is 0.249 e. The molecule has 2 amide bonds. The van der Waals surface area contributed by atoms with Gasteiger partial charge >= 0.3 is 0 Å². The first-order valence-corrected chi connectivity index (χ1v) is 10.4. The predicted molar refractivity (Wildman–Crippen MR) is 111 cm³/mol. The van der Waals surface area contributed by atoms with Crippen LogP contribution >= 0.6 is 11.8 Å². The molecule has 1 fully saturated rings. The lowest BCUT2D eigenvalue weighted by molar-refractivity contribution is -0.304. The molecule has 0 spiro atoms. The molecule has 0 saturated carbocycles. The molecule has 0 radical (unpaired) electrons. The number of hydrogen-bond donors (Lipinski definition) is 2. The summed E-state index contributed by atoms with van der Waals surface area (Å²) in [5.41, 5.74) is -0.451. The largest absolute Gasteiger partial charge is 0.355 e. The van der Waals surface area contributed by atoms with Gasteiger partial charge in [0.05, 0.1) is 6.61 Å². The molecular weight excluding hydrogens is 380 g/mol. The molecule has 28 heavy (non-hydrogen) atoms. The van der Waals surface area contributed by atoms with Crippen LogP contribution in [0.25, 0.3) is 0 Å². The Morgan fingerprint density at radius 3 is 2.50 bits per heavy atom. The fraction of sp³-hybridized carbons (Fsp3) is 0.650. The van der Waals surface area contributed by atoms with Crippen LogP contribution in [0.15, 0.2) is 24.3 Å². The van der Waals surface area contributed by atoms with Crippen LogP contribution < -0.4 is 10.6 Å². The number of carbonyl (C=O) groups is 3. The summed E-state index contributed by atoms with van der Waals surface area (Å²) >= 11 is 1.14. The van der Waals surface area contributed by atoms with Crippen LogP contribution in [0.1, 0.15) is 41.0 Å². The Hall–Kier alpha value is -1.64. The highest BCUT2D eigenvalue weighted by atomic mass is 32.2. The minimum absolute atomic E-state index is 0.0541. The fourth-order valence-corrected chi connectivity index (χ4v) is 3.02. The monoisotopic (exact) mass is 412 g/mol. The second kappa shape index (κ2) is 11.4. The van der Waals surface area contributed by atoms with Gasteiger partial charge < -0.3 is 20.1 Å². The first-order chi connectivity index (χ1) is 13.1. The van der Waals surface area contributed by atoms with E-state index in [2.05, 4.69) is 10.6 Å². The zero-order valence-electron chi connectivity index (χ0n) is 17.4. The van der Waals surface area contributed by atoms with Crippen molar-refractivity contribution in [2.45, 2.75) is 52.9 Å². The molecule has 1 aliphatic heterocycles. The highest BCUT2D eigenvalue weighted by Gasteiger charge is 2.45. The molecule has 1 atom stereocenters. The molecule has 1 saturated heterocycles. The zero-order valence-corrected chi connectivity index (χ0v) is 18.2. The van der Waals surface area contributed by atoms with Crippen LogP contribution in [0.4, 0.5) is 0 Å². The molecule has 0 aromatic heterocycles. The van der Waals surface area contributed by atoms with Gasteiger partial charge in [-0.15, -0.1) is 0 Å². The normalized spacial score (nSPS) is 21.0. The van der Waals surface area contributed by atoms with E-state index in [0.29, 0.717) is 18.9 Å². The van der Waals surface area contributed by atoms with Crippen molar-refractivity contribution in [3.63, 3.8) is 0 Å². The molecule has 7 nitrogen and oxygen atoms in total. The van der Waals surface area contributed by atoms with Gasteiger partial charge in [-0.1, -0.05) is 43.8 Å².